The van der Waals surface area contributed by atoms with Crippen LogP contribution in [0.5, 0.6) is 0 Å². The van der Waals surface area contributed by atoms with Crippen molar-refractivity contribution in [3.05, 3.63) is 58.4 Å². The van der Waals surface area contributed by atoms with E-state index in [4.69, 9.17) is 0 Å². The van der Waals surface area contributed by atoms with Crippen LogP contribution in [-0.4, -0.2) is 24.9 Å². The van der Waals surface area contributed by atoms with Gasteiger partial charge in [-0.15, -0.1) is 0 Å². The Morgan fingerprint density at radius 1 is 0.885 bits per heavy atom. The highest BCUT2D eigenvalue weighted by Crippen LogP contribution is 2.21. The third-order valence-electron chi connectivity index (χ3n) is 3.95. The van der Waals surface area contributed by atoms with Crippen LogP contribution >= 0.6 is 0 Å². The summed E-state index contributed by atoms with van der Waals surface area (Å²) < 4.78 is 13.7. The van der Waals surface area contributed by atoms with E-state index in [-0.39, 0.29) is 24.7 Å². The number of anilines is 2. The predicted octanol–water partition coefficient (Wildman–Crippen LogP) is 3.23. The van der Waals surface area contributed by atoms with Gasteiger partial charge >= 0.3 is 0 Å². The molecule has 0 unspecified atom stereocenters. The molecule has 26 heavy (non-hydrogen) atoms. The van der Waals surface area contributed by atoms with Crippen molar-refractivity contribution in [3.63, 3.8) is 0 Å². The maximum Gasteiger partial charge on any atom is 0.243 e. The smallest absolute Gasteiger partial charge is 0.243 e. The number of rotatable bonds is 6. The molecule has 0 aliphatic heterocycles. The van der Waals surface area contributed by atoms with Crippen molar-refractivity contribution in [3.8, 4) is 0 Å². The van der Waals surface area contributed by atoms with Crippen molar-refractivity contribution in [2.45, 2.75) is 27.7 Å². The first-order chi connectivity index (χ1) is 12.3. The van der Waals surface area contributed by atoms with Gasteiger partial charge in [-0.1, -0.05) is 23.8 Å². The fraction of sp³-hybridized carbons (Fsp3) is 0.300. The van der Waals surface area contributed by atoms with E-state index in [1.165, 1.54) is 6.07 Å². The lowest BCUT2D eigenvalue weighted by molar-refractivity contribution is -0.122. The molecule has 3 N–H and O–H groups in total. The summed E-state index contributed by atoms with van der Waals surface area (Å²) in [5.74, 6) is -1.12. The summed E-state index contributed by atoms with van der Waals surface area (Å²) in [6.45, 7) is 7.37. The third kappa shape index (κ3) is 5.31. The summed E-state index contributed by atoms with van der Waals surface area (Å²) >= 11 is 0. The average molecular weight is 357 g/mol. The summed E-state index contributed by atoms with van der Waals surface area (Å²) in [5, 5.41) is 8.05. The van der Waals surface area contributed by atoms with Crippen molar-refractivity contribution in [2.24, 2.45) is 0 Å². The largest absolute Gasteiger partial charge is 0.374 e. The molecule has 6 heteroatoms. The molecule has 2 aromatic rings. The van der Waals surface area contributed by atoms with Gasteiger partial charge in [0.25, 0.3) is 0 Å². The Kier molecular flexibility index (Phi) is 6.33. The van der Waals surface area contributed by atoms with Crippen LogP contribution in [-0.2, 0) is 9.59 Å². The standard InChI is InChI=1S/C20H24FN3O2/c1-12-5-6-17(16(21)9-12)22-10-18(25)23-11-19(26)24-20-14(3)7-13(2)8-15(20)4/h5-9,22H,10-11H2,1-4H3,(H,23,25)(H,24,26). The molecular weight excluding hydrogens is 333 g/mol. The molecular formula is C20H24FN3O2. The quantitative estimate of drug-likeness (QED) is 0.743. The van der Waals surface area contributed by atoms with Gasteiger partial charge in [0.2, 0.25) is 11.8 Å². The molecule has 0 atom stereocenters. The minimum absolute atomic E-state index is 0.115. The lowest BCUT2D eigenvalue weighted by Crippen LogP contribution is -2.36. The van der Waals surface area contributed by atoms with Crippen LogP contribution in [0.2, 0.25) is 0 Å². The minimum Gasteiger partial charge on any atom is -0.374 e. The Morgan fingerprint density at radius 2 is 1.54 bits per heavy atom. The lowest BCUT2D eigenvalue weighted by atomic mass is 10.1. The summed E-state index contributed by atoms with van der Waals surface area (Å²) in [6.07, 6.45) is 0. The molecule has 0 bridgehead atoms. The highest BCUT2D eigenvalue weighted by atomic mass is 19.1. The molecule has 0 saturated heterocycles. The van der Waals surface area contributed by atoms with Gasteiger partial charge in [0.05, 0.1) is 18.8 Å². The molecule has 0 saturated carbocycles. The SMILES string of the molecule is Cc1cc(C)c(NC(=O)CNC(=O)CNc2ccc(C)cc2F)c(C)c1. The zero-order chi connectivity index (χ0) is 19.3. The Balaban J connectivity index is 1.83. The van der Waals surface area contributed by atoms with Gasteiger partial charge < -0.3 is 16.0 Å². The Bertz CT molecular complexity index is 811. The minimum atomic E-state index is -0.416. The number of benzene rings is 2. The monoisotopic (exact) mass is 357 g/mol. The van der Waals surface area contributed by atoms with Crippen molar-refractivity contribution in [1.82, 2.24) is 5.32 Å². The zero-order valence-corrected chi connectivity index (χ0v) is 15.5. The van der Waals surface area contributed by atoms with E-state index in [0.717, 1.165) is 27.9 Å². The molecule has 0 radical (unpaired) electrons. The molecule has 0 aromatic heterocycles. The van der Waals surface area contributed by atoms with E-state index < -0.39 is 11.7 Å². The second-order valence-corrected chi connectivity index (χ2v) is 6.44. The number of aryl methyl sites for hydroxylation is 4. The van der Waals surface area contributed by atoms with Crippen LogP contribution in [0, 0.1) is 33.5 Å². The van der Waals surface area contributed by atoms with Gasteiger partial charge in [0.1, 0.15) is 5.82 Å². The van der Waals surface area contributed by atoms with Crippen molar-refractivity contribution in [2.75, 3.05) is 23.7 Å². The van der Waals surface area contributed by atoms with Crippen LogP contribution in [0.25, 0.3) is 0 Å². The van der Waals surface area contributed by atoms with E-state index in [0.29, 0.717) is 0 Å². The highest BCUT2D eigenvalue weighted by molar-refractivity contribution is 5.96. The number of nitrogens with one attached hydrogen (secondary N) is 3. The molecule has 0 spiro atoms. The number of hydrogen-bond acceptors (Lipinski definition) is 3. The summed E-state index contributed by atoms with van der Waals surface area (Å²) in [7, 11) is 0. The summed E-state index contributed by atoms with van der Waals surface area (Å²) in [6, 6.07) is 8.69. The first-order valence-electron chi connectivity index (χ1n) is 8.40. The fourth-order valence-corrected chi connectivity index (χ4v) is 2.74. The molecule has 2 aromatic carbocycles. The van der Waals surface area contributed by atoms with Gasteiger partial charge in [0.15, 0.2) is 0 Å². The Morgan fingerprint density at radius 3 is 2.15 bits per heavy atom. The van der Waals surface area contributed by atoms with Gasteiger partial charge in [0, 0.05) is 5.69 Å². The second kappa shape index (κ2) is 8.47. The van der Waals surface area contributed by atoms with Gasteiger partial charge in [-0.2, -0.15) is 0 Å². The number of halogens is 1. The van der Waals surface area contributed by atoms with E-state index >= 15 is 0 Å². The Labute approximate surface area is 153 Å². The normalized spacial score (nSPS) is 10.3. The van der Waals surface area contributed by atoms with Gasteiger partial charge in [-0.25, -0.2) is 4.39 Å². The molecule has 2 rings (SSSR count). The zero-order valence-electron chi connectivity index (χ0n) is 15.5. The lowest BCUT2D eigenvalue weighted by Gasteiger charge is -2.13. The molecule has 0 fully saturated rings. The average Bonchev–Trinajstić information content (AvgIpc) is 2.55. The molecule has 0 aliphatic rings. The van der Waals surface area contributed by atoms with Gasteiger partial charge in [-0.3, -0.25) is 9.59 Å². The number of amides is 2. The van der Waals surface area contributed by atoms with Crippen molar-refractivity contribution in [1.29, 1.82) is 0 Å². The third-order valence-corrected chi connectivity index (χ3v) is 3.95. The summed E-state index contributed by atoms with van der Waals surface area (Å²) in [4.78, 5) is 23.9. The maximum absolute atomic E-state index is 13.7. The second-order valence-electron chi connectivity index (χ2n) is 6.44. The van der Waals surface area contributed by atoms with Gasteiger partial charge in [-0.05, 0) is 56.5 Å². The van der Waals surface area contributed by atoms with Crippen LogP contribution in [0.15, 0.2) is 30.3 Å². The number of carbonyl (C=O) groups excluding carboxylic acids is 2. The van der Waals surface area contributed by atoms with E-state index in [2.05, 4.69) is 16.0 Å². The molecule has 0 aliphatic carbocycles. The first-order valence-corrected chi connectivity index (χ1v) is 8.40. The highest BCUT2D eigenvalue weighted by Gasteiger charge is 2.10. The number of hydrogen-bond donors (Lipinski definition) is 3. The maximum atomic E-state index is 13.7. The predicted molar refractivity (Wildman–Crippen MR) is 102 cm³/mol. The Hall–Kier alpha value is -2.89. The van der Waals surface area contributed by atoms with Crippen molar-refractivity contribution >= 4 is 23.2 Å². The molecule has 2 amide bonds. The van der Waals surface area contributed by atoms with E-state index in [1.807, 2.05) is 32.9 Å². The van der Waals surface area contributed by atoms with Crippen molar-refractivity contribution < 1.29 is 14.0 Å². The van der Waals surface area contributed by atoms with Crippen LogP contribution in [0.3, 0.4) is 0 Å². The van der Waals surface area contributed by atoms with Crippen LogP contribution in [0.1, 0.15) is 22.3 Å². The molecule has 5 nitrogen and oxygen atoms in total. The topological polar surface area (TPSA) is 70.2 Å². The van der Waals surface area contributed by atoms with E-state index in [9.17, 15) is 14.0 Å². The summed E-state index contributed by atoms with van der Waals surface area (Å²) in [5.41, 5.74) is 4.88. The first kappa shape index (κ1) is 19.4. The van der Waals surface area contributed by atoms with Crippen LogP contribution in [0.4, 0.5) is 15.8 Å². The fourth-order valence-electron chi connectivity index (χ4n) is 2.74. The van der Waals surface area contributed by atoms with E-state index in [1.54, 1.807) is 19.1 Å². The molecule has 0 heterocycles. The molecule has 138 valence electrons. The van der Waals surface area contributed by atoms with Crippen LogP contribution < -0.4 is 16.0 Å². The number of carbonyl (C=O) groups is 2.